The Hall–Kier alpha value is -10.2. The van der Waals surface area contributed by atoms with Crippen molar-refractivity contribution in [1.82, 2.24) is 13.7 Å². The predicted octanol–water partition coefficient (Wildman–Crippen LogP) is 21.0. The van der Waals surface area contributed by atoms with Gasteiger partial charge in [0.25, 0.3) is 0 Å². The van der Waals surface area contributed by atoms with Crippen LogP contribution in [0.3, 0.4) is 0 Å². The first-order valence-corrected chi connectivity index (χ1v) is 28.9. The molecule has 0 saturated heterocycles. The molecule has 386 valence electrons. The summed E-state index contributed by atoms with van der Waals surface area (Å²) in [5.74, 6) is 0. The quantitative estimate of drug-likeness (QED) is 0.147. The fraction of sp³-hybridized carbons (Fsp3) is 0.0633. The first-order valence-electron chi connectivity index (χ1n) is 28.9. The second-order valence-corrected chi connectivity index (χ2v) is 22.9. The van der Waals surface area contributed by atoms with E-state index >= 15 is 0 Å². The van der Waals surface area contributed by atoms with E-state index in [4.69, 9.17) is 0 Å². The molecule has 0 aliphatic carbocycles. The molecule has 0 atom stereocenters. The molecule has 3 aromatic heterocycles. The second kappa shape index (κ2) is 17.9. The number of para-hydroxylation sites is 2. The summed E-state index contributed by atoms with van der Waals surface area (Å²) in [6.45, 7) is 6.63. The zero-order chi connectivity index (χ0) is 54.3. The van der Waals surface area contributed by atoms with Crippen LogP contribution in [0.2, 0.25) is 0 Å². The average molecular weight is 1050 g/mol. The molecule has 0 radical (unpaired) electrons. The Morgan fingerprint density at radius 2 is 0.671 bits per heavy atom. The number of nitrogens with zero attached hydrogens (tertiary/aromatic N) is 3. The topological polar surface area (TPSA) is 14.8 Å². The van der Waals surface area contributed by atoms with Crippen LogP contribution < -0.4 is 0 Å². The van der Waals surface area contributed by atoms with E-state index in [0.29, 0.717) is 0 Å². The number of rotatable bonds is 6. The molecule has 1 aliphatic rings. The number of hydrogen-bond acceptors (Lipinski definition) is 0. The van der Waals surface area contributed by atoms with Crippen LogP contribution in [0, 0.1) is 20.8 Å². The van der Waals surface area contributed by atoms with E-state index in [0.717, 1.165) is 18.5 Å². The van der Waals surface area contributed by atoms with Gasteiger partial charge in [0.15, 0.2) is 0 Å². The van der Waals surface area contributed by atoms with Gasteiger partial charge in [-0.2, -0.15) is 0 Å². The summed E-state index contributed by atoms with van der Waals surface area (Å²) in [7, 11) is 0. The van der Waals surface area contributed by atoms with Crippen molar-refractivity contribution in [3.8, 4) is 61.6 Å². The molecule has 16 aromatic rings. The Kier molecular flexibility index (Phi) is 10.2. The van der Waals surface area contributed by atoms with Gasteiger partial charge in [-0.3, -0.25) is 0 Å². The fourth-order valence-electron chi connectivity index (χ4n) is 14.3. The Morgan fingerprint density at radius 3 is 1.26 bits per heavy atom. The first kappa shape index (κ1) is 46.7. The van der Waals surface area contributed by atoms with Crippen molar-refractivity contribution >= 4 is 87.0 Å². The number of aryl methyl sites for hydroxylation is 5. The minimum Gasteiger partial charge on any atom is -0.309 e. The van der Waals surface area contributed by atoms with E-state index in [2.05, 4.69) is 289 Å². The molecule has 4 heterocycles. The molecule has 0 unspecified atom stereocenters. The predicted molar refractivity (Wildman–Crippen MR) is 348 cm³/mol. The van der Waals surface area contributed by atoms with E-state index in [1.807, 2.05) is 0 Å². The zero-order valence-corrected chi connectivity index (χ0v) is 46.0. The van der Waals surface area contributed by atoms with Gasteiger partial charge in [0.1, 0.15) is 0 Å². The lowest BCUT2D eigenvalue weighted by Gasteiger charge is -2.18. The molecule has 0 fully saturated rings. The van der Waals surface area contributed by atoms with E-state index in [-0.39, 0.29) is 0 Å². The first-order chi connectivity index (χ1) is 40.4. The van der Waals surface area contributed by atoms with Crippen LogP contribution in [-0.4, -0.2) is 13.7 Å². The van der Waals surface area contributed by atoms with Crippen molar-refractivity contribution < 1.29 is 0 Å². The van der Waals surface area contributed by atoms with Gasteiger partial charge in [0, 0.05) is 49.4 Å². The average Bonchev–Trinajstić information content (AvgIpc) is 3.94. The van der Waals surface area contributed by atoms with Gasteiger partial charge in [0.05, 0.1) is 33.1 Å². The largest absolute Gasteiger partial charge is 0.309 e. The zero-order valence-electron chi connectivity index (χ0n) is 46.0. The SMILES string of the molecule is Cc1ccc2c(c1)c1cc(-c3ccc4c(c3)c3cc(-c5cc6c7c(c5)c5cc(C)ccc5n7-c5ccccc5CC6)ccc3n4-c3ccc(-c4c5ccccc5c(-c5ccccc5)c5ccccc45)cc3)ccc1n2-c1ccccc1C. The minimum absolute atomic E-state index is 0.980. The molecule has 0 amide bonds. The highest BCUT2D eigenvalue weighted by Crippen LogP contribution is 2.47. The smallest absolute Gasteiger partial charge is 0.0573 e. The van der Waals surface area contributed by atoms with Crippen LogP contribution in [0.5, 0.6) is 0 Å². The number of benzene rings is 13. The molecule has 1 aliphatic heterocycles. The molecular formula is C79H55N3. The van der Waals surface area contributed by atoms with Gasteiger partial charge in [-0.1, -0.05) is 169 Å². The van der Waals surface area contributed by atoms with E-state index in [1.54, 1.807) is 0 Å². The van der Waals surface area contributed by atoms with Gasteiger partial charge < -0.3 is 13.7 Å². The van der Waals surface area contributed by atoms with Gasteiger partial charge in [-0.15, -0.1) is 0 Å². The number of aromatic nitrogens is 3. The van der Waals surface area contributed by atoms with Gasteiger partial charge in [-0.05, 0) is 213 Å². The highest BCUT2D eigenvalue weighted by Gasteiger charge is 2.24. The number of hydrogen-bond donors (Lipinski definition) is 0. The van der Waals surface area contributed by atoms with Crippen molar-refractivity contribution in [2.75, 3.05) is 0 Å². The van der Waals surface area contributed by atoms with E-state index in [1.165, 1.54) is 171 Å². The molecule has 82 heavy (non-hydrogen) atoms. The normalized spacial score (nSPS) is 12.5. The standard InChI is InChI=1S/C79H55N3/c1-48-25-36-74-64(41-48)66-44-55(32-40-75(66)81(74)70-23-13-7-15-50(70)3)54-31-38-72-67(45-54)68-46-56(58-43-57-28-27-51-16-8-14-24-71(51)82-76-37-26-49(2)42-65(76)69(47-58)79(57)82)33-39-73(68)80(72)59-34-29-53(30-35-59)78-62-21-11-9-19-60(62)77(52-17-5-4-6-18-52)61-20-10-12-22-63(61)78/h4-26,29-47H,27-28H2,1-3H3. The Labute approximate surface area is 475 Å². The summed E-state index contributed by atoms with van der Waals surface area (Å²) in [6, 6.07) is 96.1. The van der Waals surface area contributed by atoms with Gasteiger partial charge in [-0.25, -0.2) is 0 Å². The molecular weight excluding hydrogens is 991 g/mol. The van der Waals surface area contributed by atoms with Crippen LogP contribution in [0.1, 0.15) is 27.8 Å². The van der Waals surface area contributed by atoms with E-state index < -0.39 is 0 Å². The highest BCUT2D eigenvalue weighted by atomic mass is 15.0. The van der Waals surface area contributed by atoms with Crippen molar-refractivity contribution in [2.24, 2.45) is 0 Å². The minimum atomic E-state index is 0.980. The third-order valence-electron chi connectivity index (χ3n) is 18.1. The number of fused-ring (bicyclic) bond motifs is 13. The lowest BCUT2D eigenvalue weighted by Crippen LogP contribution is -1.96. The maximum absolute atomic E-state index is 2.54. The maximum atomic E-state index is 2.54. The van der Waals surface area contributed by atoms with Gasteiger partial charge in [0.2, 0.25) is 0 Å². The molecule has 3 nitrogen and oxygen atoms in total. The van der Waals surface area contributed by atoms with Crippen LogP contribution in [0.15, 0.2) is 255 Å². The summed E-state index contributed by atoms with van der Waals surface area (Å²) >= 11 is 0. The Morgan fingerprint density at radius 1 is 0.256 bits per heavy atom. The molecule has 0 bridgehead atoms. The maximum Gasteiger partial charge on any atom is 0.0573 e. The van der Waals surface area contributed by atoms with E-state index in [9.17, 15) is 0 Å². The third-order valence-corrected chi connectivity index (χ3v) is 18.1. The summed E-state index contributed by atoms with van der Waals surface area (Å²) in [6.07, 6.45) is 1.98. The molecule has 0 saturated carbocycles. The van der Waals surface area contributed by atoms with Crippen LogP contribution in [0.25, 0.3) is 149 Å². The molecule has 3 heteroatoms. The summed E-state index contributed by atoms with van der Waals surface area (Å²) in [5.41, 5.74) is 27.5. The summed E-state index contributed by atoms with van der Waals surface area (Å²) in [4.78, 5) is 0. The van der Waals surface area contributed by atoms with Crippen molar-refractivity contribution in [2.45, 2.75) is 33.6 Å². The Balaban J connectivity index is 0.867. The summed E-state index contributed by atoms with van der Waals surface area (Å²) in [5, 5.41) is 12.6. The van der Waals surface area contributed by atoms with Crippen molar-refractivity contribution in [3.05, 3.63) is 283 Å². The molecule has 0 spiro atoms. The van der Waals surface area contributed by atoms with Crippen LogP contribution in [-0.2, 0) is 12.8 Å². The Bertz CT molecular complexity index is 5300. The fourth-order valence-corrected chi connectivity index (χ4v) is 14.3. The van der Waals surface area contributed by atoms with Gasteiger partial charge >= 0.3 is 0 Å². The van der Waals surface area contributed by atoms with Crippen LogP contribution >= 0.6 is 0 Å². The molecule has 0 N–H and O–H groups in total. The van der Waals surface area contributed by atoms with Crippen molar-refractivity contribution in [1.29, 1.82) is 0 Å². The lowest BCUT2D eigenvalue weighted by atomic mass is 9.86. The van der Waals surface area contributed by atoms with Crippen molar-refractivity contribution in [3.63, 3.8) is 0 Å². The van der Waals surface area contributed by atoms with Crippen LogP contribution in [0.4, 0.5) is 0 Å². The highest BCUT2D eigenvalue weighted by molar-refractivity contribution is 6.22. The second-order valence-electron chi connectivity index (χ2n) is 22.9. The molecule has 17 rings (SSSR count). The monoisotopic (exact) mass is 1050 g/mol. The lowest BCUT2D eigenvalue weighted by molar-refractivity contribution is 0.975. The molecule has 13 aromatic carbocycles. The summed E-state index contributed by atoms with van der Waals surface area (Å²) < 4.78 is 7.48. The third kappa shape index (κ3) is 6.96.